The van der Waals surface area contributed by atoms with Crippen LogP contribution in [0.15, 0.2) is 18.2 Å². The van der Waals surface area contributed by atoms with Gasteiger partial charge in [-0.3, -0.25) is 4.79 Å². The molecule has 1 aromatic heterocycles. The summed E-state index contributed by atoms with van der Waals surface area (Å²) in [5.74, 6) is 0.652. The molecule has 2 heterocycles. The monoisotopic (exact) mass is 396 g/mol. The predicted molar refractivity (Wildman–Crippen MR) is 105 cm³/mol. The van der Waals surface area contributed by atoms with Crippen molar-refractivity contribution in [2.24, 2.45) is 0 Å². The van der Waals surface area contributed by atoms with E-state index in [0.29, 0.717) is 41.7 Å². The van der Waals surface area contributed by atoms with Gasteiger partial charge in [0.2, 0.25) is 0 Å². The van der Waals surface area contributed by atoms with Gasteiger partial charge >= 0.3 is 5.97 Å². The Morgan fingerprint density at radius 2 is 2.07 bits per heavy atom. The number of ether oxygens (including phenoxy) is 3. The molecule has 1 saturated heterocycles. The van der Waals surface area contributed by atoms with E-state index in [-0.39, 0.29) is 12.5 Å². The summed E-state index contributed by atoms with van der Waals surface area (Å²) in [5, 5.41) is 12.7. The number of methoxy groups -OCH3 is 1. The third-order valence-electron chi connectivity index (χ3n) is 4.85. The first-order valence-corrected chi connectivity index (χ1v) is 9.38. The Labute approximate surface area is 169 Å². The van der Waals surface area contributed by atoms with Crippen molar-refractivity contribution < 1.29 is 19.0 Å². The van der Waals surface area contributed by atoms with Gasteiger partial charge in [-0.1, -0.05) is 12.1 Å². The van der Waals surface area contributed by atoms with E-state index in [1.807, 2.05) is 26.0 Å². The highest BCUT2D eigenvalue weighted by molar-refractivity contribution is 5.73. The van der Waals surface area contributed by atoms with Crippen molar-refractivity contribution in [2.75, 3.05) is 25.6 Å². The number of hydrogen-bond donors (Lipinski definition) is 1. The zero-order chi connectivity index (χ0) is 21.0. The van der Waals surface area contributed by atoms with E-state index in [4.69, 9.17) is 14.2 Å². The maximum Gasteiger partial charge on any atom is 0.311 e. The second kappa shape index (κ2) is 8.99. The minimum atomic E-state index is -0.656. The normalized spacial score (nSPS) is 15.0. The van der Waals surface area contributed by atoms with Crippen LogP contribution >= 0.6 is 0 Å². The fourth-order valence-corrected chi connectivity index (χ4v) is 3.39. The molecular formula is C21H24N4O4. The maximum atomic E-state index is 11.9. The van der Waals surface area contributed by atoms with Gasteiger partial charge in [0.05, 0.1) is 55.7 Å². The molecule has 1 aliphatic heterocycles. The third-order valence-corrected chi connectivity index (χ3v) is 4.85. The average Bonchev–Trinajstić information content (AvgIpc) is 3.21. The number of esters is 1. The van der Waals surface area contributed by atoms with Crippen LogP contribution in [0.2, 0.25) is 0 Å². The first-order valence-electron chi connectivity index (χ1n) is 9.38. The lowest BCUT2D eigenvalue weighted by Crippen LogP contribution is -2.19. The molecule has 1 N–H and O–H groups in total. The van der Waals surface area contributed by atoms with Crippen molar-refractivity contribution >= 4 is 11.8 Å². The highest BCUT2D eigenvalue weighted by Gasteiger charge is 2.29. The molecule has 0 radical (unpaired) electrons. The highest BCUT2D eigenvalue weighted by Crippen LogP contribution is 2.34. The van der Waals surface area contributed by atoms with E-state index in [2.05, 4.69) is 21.4 Å². The molecule has 152 valence electrons. The number of carbonyl (C=O) groups is 1. The zero-order valence-corrected chi connectivity index (χ0v) is 17.0. The van der Waals surface area contributed by atoms with Crippen molar-refractivity contribution in [3.63, 3.8) is 0 Å². The largest absolute Gasteiger partial charge is 0.469 e. The van der Waals surface area contributed by atoms with Crippen LogP contribution in [0, 0.1) is 25.2 Å². The summed E-state index contributed by atoms with van der Waals surface area (Å²) in [4.78, 5) is 20.9. The summed E-state index contributed by atoms with van der Waals surface area (Å²) in [6.07, 6.45) is -0.666. The maximum absolute atomic E-state index is 11.9. The Kier molecular flexibility index (Phi) is 6.42. The molecule has 1 aromatic carbocycles. The number of nitriles is 1. The first-order chi connectivity index (χ1) is 13.9. The summed E-state index contributed by atoms with van der Waals surface area (Å²) in [7, 11) is 1.34. The summed E-state index contributed by atoms with van der Waals surface area (Å²) in [6.45, 7) is 6.58. The fourth-order valence-electron chi connectivity index (χ4n) is 3.39. The van der Waals surface area contributed by atoms with Crippen LogP contribution in [0.25, 0.3) is 0 Å². The molecule has 8 nitrogen and oxygen atoms in total. The lowest BCUT2D eigenvalue weighted by atomic mass is 9.98. The smallest absolute Gasteiger partial charge is 0.311 e. The van der Waals surface area contributed by atoms with Gasteiger partial charge in [-0.2, -0.15) is 5.26 Å². The molecule has 1 aliphatic rings. The predicted octanol–water partition coefficient (Wildman–Crippen LogP) is 2.90. The van der Waals surface area contributed by atoms with E-state index >= 15 is 0 Å². The van der Waals surface area contributed by atoms with Gasteiger partial charge in [0.25, 0.3) is 0 Å². The van der Waals surface area contributed by atoms with Gasteiger partial charge in [0.15, 0.2) is 6.29 Å². The molecule has 2 aromatic rings. The fraction of sp³-hybridized carbons (Fsp3) is 0.429. The summed E-state index contributed by atoms with van der Waals surface area (Å²) >= 11 is 0. The number of carbonyl (C=O) groups excluding carboxylic acids is 1. The molecular weight excluding hydrogens is 372 g/mol. The number of nitrogens with one attached hydrogen (secondary N) is 1. The molecule has 0 bridgehead atoms. The second-order valence-electron chi connectivity index (χ2n) is 6.80. The van der Waals surface area contributed by atoms with Crippen LogP contribution in [-0.4, -0.2) is 36.3 Å². The minimum absolute atomic E-state index is 0.00950. The molecule has 0 unspecified atom stereocenters. The highest BCUT2D eigenvalue weighted by atomic mass is 16.7. The standard InChI is InChI=1S/C21H24N4O4/c1-12-15(11-22)6-5-7-16(12)13(2)23-20-19(21-28-8-9-29-21)17(10-18(26)27-4)24-14(3)25-20/h5-7,13,21H,8-10H2,1-4H3,(H,23,24,25)/t13-/m1/s1. The van der Waals surface area contributed by atoms with Crippen LogP contribution in [0.1, 0.15) is 53.0 Å². The van der Waals surface area contributed by atoms with Gasteiger partial charge in [-0.15, -0.1) is 0 Å². The third kappa shape index (κ3) is 4.53. The van der Waals surface area contributed by atoms with E-state index in [0.717, 1.165) is 11.1 Å². The molecule has 1 fully saturated rings. The Hall–Kier alpha value is -3.02. The van der Waals surface area contributed by atoms with Crippen molar-refractivity contribution in [1.82, 2.24) is 9.97 Å². The van der Waals surface area contributed by atoms with E-state index in [1.54, 1.807) is 13.0 Å². The van der Waals surface area contributed by atoms with E-state index < -0.39 is 12.3 Å². The van der Waals surface area contributed by atoms with Gasteiger partial charge in [0.1, 0.15) is 11.6 Å². The number of benzene rings is 1. The molecule has 8 heteroatoms. The SMILES string of the molecule is COC(=O)Cc1nc(C)nc(N[C@H](C)c2cccc(C#N)c2C)c1C1OCCO1. The number of hydrogen-bond acceptors (Lipinski definition) is 8. The summed E-state index contributed by atoms with van der Waals surface area (Å²) in [6, 6.07) is 7.68. The van der Waals surface area contributed by atoms with Crippen molar-refractivity contribution in [3.05, 3.63) is 52.0 Å². The number of rotatable bonds is 6. The Bertz CT molecular complexity index is 948. The van der Waals surface area contributed by atoms with E-state index in [9.17, 15) is 10.1 Å². The molecule has 29 heavy (non-hydrogen) atoms. The van der Waals surface area contributed by atoms with Gasteiger partial charge < -0.3 is 19.5 Å². The number of aryl methyl sites for hydroxylation is 1. The molecule has 1 atom stereocenters. The second-order valence-corrected chi connectivity index (χ2v) is 6.80. The minimum Gasteiger partial charge on any atom is -0.469 e. The number of nitrogens with zero attached hydrogens (tertiary/aromatic N) is 3. The Balaban J connectivity index is 2.01. The Morgan fingerprint density at radius 3 is 2.72 bits per heavy atom. The van der Waals surface area contributed by atoms with Crippen LogP contribution in [-0.2, 0) is 25.4 Å². The zero-order valence-electron chi connectivity index (χ0n) is 17.0. The average molecular weight is 396 g/mol. The van der Waals surface area contributed by atoms with Crippen LogP contribution in [0.3, 0.4) is 0 Å². The first kappa shape index (κ1) is 20.7. The van der Waals surface area contributed by atoms with Crippen LogP contribution < -0.4 is 5.32 Å². The van der Waals surface area contributed by atoms with Crippen molar-refractivity contribution in [1.29, 1.82) is 5.26 Å². The quantitative estimate of drug-likeness (QED) is 0.743. The lowest BCUT2D eigenvalue weighted by molar-refractivity contribution is -0.139. The van der Waals surface area contributed by atoms with Crippen molar-refractivity contribution in [3.8, 4) is 6.07 Å². The van der Waals surface area contributed by atoms with E-state index in [1.165, 1.54) is 7.11 Å². The van der Waals surface area contributed by atoms with Crippen LogP contribution in [0.4, 0.5) is 5.82 Å². The topological polar surface area (TPSA) is 106 Å². The van der Waals surface area contributed by atoms with Gasteiger partial charge in [-0.05, 0) is 38.0 Å². The molecule has 0 spiro atoms. The molecule has 0 aliphatic carbocycles. The lowest BCUT2D eigenvalue weighted by Gasteiger charge is -2.23. The number of anilines is 1. The Morgan fingerprint density at radius 1 is 1.34 bits per heavy atom. The van der Waals surface area contributed by atoms with Crippen molar-refractivity contribution in [2.45, 2.75) is 39.5 Å². The van der Waals surface area contributed by atoms with Crippen LogP contribution in [0.5, 0.6) is 0 Å². The van der Waals surface area contributed by atoms with Gasteiger partial charge in [0, 0.05) is 0 Å². The molecule has 3 rings (SSSR count). The summed E-state index contributed by atoms with van der Waals surface area (Å²) in [5.41, 5.74) is 3.62. The molecule has 0 saturated carbocycles. The number of aromatic nitrogens is 2. The molecule has 0 amide bonds. The van der Waals surface area contributed by atoms with Gasteiger partial charge in [-0.25, -0.2) is 9.97 Å². The summed E-state index contributed by atoms with van der Waals surface area (Å²) < 4.78 is 16.2.